The maximum atomic E-state index is 10.8. The number of ketones is 1. The summed E-state index contributed by atoms with van der Waals surface area (Å²) >= 11 is 0. The smallest absolute Gasteiger partial charge is 0.152 e. The Labute approximate surface area is 86.9 Å². The van der Waals surface area contributed by atoms with Gasteiger partial charge in [-0.25, -0.2) is 0 Å². The van der Waals surface area contributed by atoms with E-state index >= 15 is 0 Å². The van der Waals surface area contributed by atoms with Gasteiger partial charge in [0.1, 0.15) is 0 Å². The van der Waals surface area contributed by atoms with Gasteiger partial charge in [0.2, 0.25) is 0 Å². The Morgan fingerprint density at radius 2 is 2.14 bits per heavy atom. The first-order chi connectivity index (χ1) is 6.50. The second-order valence-electron chi connectivity index (χ2n) is 4.60. The number of rotatable bonds is 2. The summed E-state index contributed by atoms with van der Waals surface area (Å²) in [6.45, 7) is 8.33. The van der Waals surface area contributed by atoms with Crippen molar-refractivity contribution < 1.29 is 4.79 Å². The van der Waals surface area contributed by atoms with Crippen LogP contribution < -0.4 is 0 Å². The Morgan fingerprint density at radius 1 is 1.50 bits per heavy atom. The molecule has 0 aliphatic heterocycles. The lowest BCUT2D eigenvalue weighted by Gasteiger charge is -2.30. The van der Waals surface area contributed by atoms with Gasteiger partial charge in [-0.15, -0.1) is 0 Å². The summed E-state index contributed by atoms with van der Waals surface area (Å²) in [5.41, 5.74) is 1.45. The zero-order valence-electron chi connectivity index (χ0n) is 9.58. The number of carbonyl (C=O) groups is 1. The van der Waals surface area contributed by atoms with Crippen LogP contribution in [0.25, 0.3) is 0 Å². The van der Waals surface area contributed by atoms with Gasteiger partial charge in [0, 0.05) is 0 Å². The normalized spacial score (nSPS) is 33.1. The molecule has 0 N–H and O–H groups in total. The molecule has 14 heavy (non-hydrogen) atoms. The van der Waals surface area contributed by atoms with Crippen LogP contribution in [0, 0.1) is 17.8 Å². The lowest BCUT2D eigenvalue weighted by atomic mass is 9.75. The summed E-state index contributed by atoms with van der Waals surface area (Å²) in [5, 5.41) is 0. The fraction of sp³-hybridized carbons (Fsp3) is 0.615. The van der Waals surface area contributed by atoms with Gasteiger partial charge in [0.15, 0.2) is 5.78 Å². The van der Waals surface area contributed by atoms with Crippen LogP contribution in [0.3, 0.4) is 0 Å². The second kappa shape index (κ2) is 4.59. The minimum absolute atomic E-state index is 0.140. The van der Waals surface area contributed by atoms with Crippen LogP contribution in [0.4, 0.5) is 0 Å². The topological polar surface area (TPSA) is 17.1 Å². The number of allylic oxidation sites excluding steroid dienone is 4. The summed E-state index contributed by atoms with van der Waals surface area (Å²) in [6, 6.07) is 0. The van der Waals surface area contributed by atoms with Crippen molar-refractivity contribution >= 4 is 5.78 Å². The molecule has 0 spiro atoms. The fourth-order valence-electron chi connectivity index (χ4n) is 2.10. The highest BCUT2D eigenvalue weighted by Gasteiger charge is 2.23. The Kier molecular flexibility index (Phi) is 3.68. The molecular weight excluding hydrogens is 172 g/mol. The number of hydrogen-bond donors (Lipinski definition) is 0. The highest BCUT2D eigenvalue weighted by Crippen LogP contribution is 2.33. The second-order valence-corrected chi connectivity index (χ2v) is 4.60. The highest BCUT2D eigenvalue weighted by molar-refractivity contribution is 5.87. The summed E-state index contributed by atoms with van der Waals surface area (Å²) in [5.74, 6) is 1.96. The van der Waals surface area contributed by atoms with Crippen molar-refractivity contribution in [3.63, 3.8) is 0 Å². The quantitative estimate of drug-likeness (QED) is 0.484. The fourth-order valence-corrected chi connectivity index (χ4v) is 2.10. The number of carbonyl (C=O) groups excluding carboxylic acids is 1. The minimum Gasteiger partial charge on any atom is -0.295 e. The molecule has 0 bridgehead atoms. The van der Waals surface area contributed by atoms with Crippen LogP contribution in [-0.4, -0.2) is 5.78 Å². The van der Waals surface area contributed by atoms with Crippen molar-refractivity contribution in [3.8, 4) is 0 Å². The van der Waals surface area contributed by atoms with Crippen LogP contribution >= 0.6 is 0 Å². The molecule has 0 radical (unpaired) electrons. The van der Waals surface area contributed by atoms with E-state index in [0.29, 0.717) is 11.8 Å². The van der Waals surface area contributed by atoms with Gasteiger partial charge in [-0.1, -0.05) is 31.6 Å². The Hall–Kier alpha value is -0.850. The van der Waals surface area contributed by atoms with Gasteiger partial charge in [0.25, 0.3) is 0 Å². The SMILES string of the molecule is CC(=O)/C=C/C1C=C(C)CC(C)C1C. The third kappa shape index (κ3) is 2.83. The predicted octanol–water partition coefficient (Wildman–Crippen LogP) is 3.37. The summed E-state index contributed by atoms with van der Waals surface area (Å²) < 4.78 is 0. The van der Waals surface area contributed by atoms with Crippen LogP contribution in [-0.2, 0) is 4.79 Å². The lowest BCUT2D eigenvalue weighted by Crippen LogP contribution is -2.21. The maximum Gasteiger partial charge on any atom is 0.152 e. The van der Waals surface area contributed by atoms with Crippen LogP contribution in [0.2, 0.25) is 0 Å². The van der Waals surface area contributed by atoms with E-state index < -0.39 is 0 Å². The molecule has 0 saturated carbocycles. The molecule has 0 aromatic carbocycles. The molecule has 0 saturated heterocycles. The van der Waals surface area contributed by atoms with Gasteiger partial charge in [-0.05, 0) is 44.1 Å². The van der Waals surface area contributed by atoms with Crippen molar-refractivity contribution in [2.24, 2.45) is 17.8 Å². The van der Waals surface area contributed by atoms with E-state index in [2.05, 4.69) is 26.8 Å². The van der Waals surface area contributed by atoms with Gasteiger partial charge < -0.3 is 0 Å². The molecule has 1 aliphatic carbocycles. The molecule has 0 aromatic heterocycles. The molecule has 3 unspecified atom stereocenters. The molecule has 1 aliphatic rings. The first-order valence-electron chi connectivity index (χ1n) is 5.36. The van der Waals surface area contributed by atoms with Crippen LogP contribution in [0.15, 0.2) is 23.8 Å². The highest BCUT2D eigenvalue weighted by atomic mass is 16.1. The monoisotopic (exact) mass is 192 g/mol. The molecular formula is C13H20O. The third-order valence-electron chi connectivity index (χ3n) is 3.18. The molecule has 0 heterocycles. The van der Waals surface area contributed by atoms with E-state index in [-0.39, 0.29) is 5.78 Å². The van der Waals surface area contributed by atoms with E-state index in [1.807, 2.05) is 6.08 Å². The molecule has 0 aromatic rings. The first-order valence-corrected chi connectivity index (χ1v) is 5.36. The van der Waals surface area contributed by atoms with E-state index in [9.17, 15) is 4.79 Å². The standard InChI is InChI=1S/C13H20O/c1-9-7-10(2)12(4)13(8-9)6-5-11(3)14/h5-6,8,10,12-13H,7H2,1-4H3/b6-5+. The minimum atomic E-state index is 0.140. The molecule has 1 nitrogen and oxygen atoms in total. The maximum absolute atomic E-state index is 10.8. The predicted molar refractivity (Wildman–Crippen MR) is 60.0 cm³/mol. The Bertz CT molecular complexity index is 273. The van der Waals surface area contributed by atoms with Crippen molar-refractivity contribution in [1.82, 2.24) is 0 Å². The van der Waals surface area contributed by atoms with Gasteiger partial charge in [-0.3, -0.25) is 4.79 Å². The zero-order valence-corrected chi connectivity index (χ0v) is 9.58. The van der Waals surface area contributed by atoms with Crippen molar-refractivity contribution in [2.75, 3.05) is 0 Å². The molecule has 3 atom stereocenters. The largest absolute Gasteiger partial charge is 0.295 e. The summed E-state index contributed by atoms with van der Waals surface area (Å²) in [4.78, 5) is 10.8. The Balaban J connectivity index is 2.76. The third-order valence-corrected chi connectivity index (χ3v) is 3.18. The van der Waals surface area contributed by atoms with E-state index in [1.165, 1.54) is 12.0 Å². The number of hydrogen-bond acceptors (Lipinski definition) is 1. The molecule has 78 valence electrons. The van der Waals surface area contributed by atoms with E-state index in [0.717, 1.165) is 5.92 Å². The van der Waals surface area contributed by atoms with Gasteiger partial charge in [-0.2, -0.15) is 0 Å². The van der Waals surface area contributed by atoms with Crippen molar-refractivity contribution in [1.29, 1.82) is 0 Å². The van der Waals surface area contributed by atoms with E-state index in [1.54, 1.807) is 13.0 Å². The molecule has 1 rings (SSSR count). The Morgan fingerprint density at radius 3 is 2.71 bits per heavy atom. The summed E-state index contributed by atoms with van der Waals surface area (Å²) in [7, 11) is 0. The van der Waals surface area contributed by atoms with Gasteiger partial charge in [0.05, 0.1) is 0 Å². The molecule has 0 fully saturated rings. The average Bonchev–Trinajstić information content (AvgIpc) is 2.08. The molecule has 1 heteroatoms. The average molecular weight is 192 g/mol. The van der Waals surface area contributed by atoms with Gasteiger partial charge >= 0.3 is 0 Å². The summed E-state index contributed by atoms with van der Waals surface area (Å²) in [6.07, 6.45) is 7.24. The van der Waals surface area contributed by atoms with E-state index in [4.69, 9.17) is 0 Å². The lowest BCUT2D eigenvalue weighted by molar-refractivity contribution is -0.112. The van der Waals surface area contributed by atoms with Crippen LogP contribution in [0.1, 0.15) is 34.1 Å². The molecule has 0 amide bonds. The van der Waals surface area contributed by atoms with Crippen molar-refractivity contribution in [3.05, 3.63) is 23.8 Å². The van der Waals surface area contributed by atoms with Crippen LogP contribution in [0.5, 0.6) is 0 Å². The van der Waals surface area contributed by atoms with Crippen molar-refractivity contribution in [2.45, 2.75) is 34.1 Å². The first kappa shape index (κ1) is 11.2. The zero-order chi connectivity index (χ0) is 10.7.